The lowest BCUT2D eigenvalue weighted by molar-refractivity contribution is 0.0471. The Morgan fingerprint density at radius 1 is 1.33 bits per heavy atom. The molecule has 0 saturated heterocycles. The Hall–Kier alpha value is -2.80. The predicted octanol–water partition coefficient (Wildman–Crippen LogP) is 4.06. The fourth-order valence-corrected chi connectivity index (χ4v) is 3.27. The Labute approximate surface area is 160 Å². The molecular formula is C19H18ClN3O4. The molecule has 0 N–H and O–H groups in total. The number of carbonyl (C=O) groups is 1. The molecule has 140 valence electrons. The zero-order chi connectivity index (χ0) is 19.1. The molecule has 1 aliphatic heterocycles. The van der Waals surface area contributed by atoms with Crippen LogP contribution >= 0.6 is 11.6 Å². The molecule has 8 heteroatoms. The van der Waals surface area contributed by atoms with Crippen LogP contribution < -0.4 is 9.47 Å². The minimum Gasteiger partial charge on any atom is -0.457 e. The van der Waals surface area contributed by atoms with Crippen molar-refractivity contribution in [3.63, 3.8) is 0 Å². The van der Waals surface area contributed by atoms with Gasteiger partial charge in [-0.05, 0) is 44.5 Å². The Bertz CT molecular complexity index is 1050. The van der Waals surface area contributed by atoms with Gasteiger partial charge in [0.15, 0.2) is 17.1 Å². The lowest BCUT2D eigenvalue weighted by atomic mass is 10.1. The van der Waals surface area contributed by atoms with E-state index in [1.54, 1.807) is 31.3 Å². The van der Waals surface area contributed by atoms with Gasteiger partial charge in [0, 0.05) is 11.4 Å². The van der Waals surface area contributed by atoms with E-state index in [2.05, 4.69) is 10.1 Å². The fraction of sp³-hybridized carbons (Fsp3) is 0.316. The third-order valence-electron chi connectivity index (χ3n) is 4.33. The van der Waals surface area contributed by atoms with Gasteiger partial charge in [-0.3, -0.25) is 0 Å². The number of hydrogen-bond acceptors (Lipinski definition) is 6. The molecule has 4 rings (SSSR count). The number of rotatable bonds is 4. The van der Waals surface area contributed by atoms with Crippen molar-refractivity contribution in [2.24, 2.45) is 0 Å². The van der Waals surface area contributed by atoms with E-state index >= 15 is 0 Å². The number of hydrogen-bond donors (Lipinski definition) is 0. The van der Waals surface area contributed by atoms with Crippen molar-refractivity contribution in [1.82, 2.24) is 14.8 Å². The number of ether oxygens (including phenoxy) is 3. The molecule has 0 aliphatic carbocycles. The maximum absolute atomic E-state index is 12.6. The number of halogens is 1. The van der Waals surface area contributed by atoms with Crippen molar-refractivity contribution >= 4 is 28.6 Å². The van der Waals surface area contributed by atoms with Crippen LogP contribution in [0, 0.1) is 6.92 Å². The van der Waals surface area contributed by atoms with Gasteiger partial charge in [0.05, 0.1) is 22.5 Å². The molecule has 0 fully saturated rings. The maximum atomic E-state index is 12.6. The summed E-state index contributed by atoms with van der Waals surface area (Å²) in [7, 11) is 0. The van der Waals surface area contributed by atoms with Crippen molar-refractivity contribution in [2.75, 3.05) is 6.79 Å². The third kappa shape index (κ3) is 3.19. The number of fused-ring (bicyclic) bond motifs is 2. The molecule has 2 aromatic heterocycles. The molecule has 0 atom stereocenters. The molecule has 0 amide bonds. The van der Waals surface area contributed by atoms with Gasteiger partial charge >= 0.3 is 5.97 Å². The van der Waals surface area contributed by atoms with E-state index in [1.165, 1.54) is 0 Å². The van der Waals surface area contributed by atoms with Crippen LogP contribution in [-0.2, 0) is 11.3 Å². The number of pyridine rings is 1. The third-order valence-corrected chi connectivity index (χ3v) is 4.61. The highest BCUT2D eigenvalue weighted by atomic mass is 35.5. The quantitative estimate of drug-likeness (QED) is 0.628. The highest BCUT2D eigenvalue weighted by Crippen LogP contribution is 2.40. The summed E-state index contributed by atoms with van der Waals surface area (Å²) in [4.78, 5) is 17.1. The predicted molar refractivity (Wildman–Crippen MR) is 99.3 cm³/mol. The second-order valence-electron chi connectivity index (χ2n) is 6.60. The first kappa shape index (κ1) is 17.6. The number of benzene rings is 1. The first-order valence-corrected chi connectivity index (χ1v) is 8.92. The van der Waals surface area contributed by atoms with E-state index in [1.807, 2.05) is 18.5 Å². The van der Waals surface area contributed by atoms with E-state index in [0.29, 0.717) is 27.8 Å². The number of aryl methyl sites for hydroxylation is 1. The maximum Gasteiger partial charge on any atom is 0.340 e. The minimum absolute atomic E-state index is 0.0674. The van der Waals surface area contributed by atoms with Gasteiger partial charge < -0.3 is 14.2 Å². The topological polar surface area (TPSA) is 75.5 Å². The second kappa shape index (κ2) is 6.74. The molecule has 1 aromatic carbocycles. The Kier molecular flexibility index (Phi) is 4.39. The normalized spacial score (nSPS) is 12.8. The summed E-state index contributed by atoms with van der Waals surface area (Å²) in [5.74, 6) is 0.612. The molecule has 0 spiro atoms. The largest absolute Gasteiger partial charge is 0.457 e. The zero-order valence-electron chi connectivity index (χ0n) is 15.2. The molecule has 27 heavy (non-hydrogen) atoms. The van der Waals surface area contributed by atoms with Crippen molar-refractivity contribution in [3.8, 4) is 11.5 Å². The van der Waals surface area contributed by atoms with Crippen LogP contribution in [0.25, 0.3) is 11.0 Å². The zero-order valence-corrected chi connectivity index (χ0v) is 15.9. The average Bonchev–Trinajstić information content (AvgIpc) is 3.25. The van der Waals surface area contributed by atoms with Crippen LogP contribution in [0.5, 0.6) is 11.5 Å². The first-order valence-electron chi connectivity index (χ1n) is 8.54. The number of carbonyl (C=O) groups excluding carboxylic acids is 1. The van der Waals surface area contributed by atoms with Gasteiger partial charge in [0.1, 0.15) is 6.61 Å². The fourth-order valence-electron chi connectivity index (χ4n) is 2.98. The molecule has 7 nitrogen and oxygen atoms in total. The molecule has 0 radical (unpaired) electrons. The highest BCUT2D eigenvalue weighted by Gasteiger charge is 2.20. The van der Waals surface area contributed by atoms with E-state index < -0.39 is 5.97 Å². The lowest BCUT2D eigenvalue weighted by Crippen LogP contribution is -2.10. The van der Waals surface area contributed by atoms with Crippen LogP contribution in [-0.4, -0.2) is 27.5 Å². The van der Waals surface area contributed by atoms with E-state index in [9.17, 15) is 4.79 Å². The summed E-state index contributed by atoms with van der Waals surface area (Å²) in [5, 5.41) is 5.56. The van der Waals surface area contributed by atoms with Crippen molar-refractivity contribution in [2.45, 2.75) is 33.4 Å². The van der Waals surface area contributed by atoms with Crippen LogP contribution in [0.2, 0.25) is 5.02 Å². The van der Waals surface area contributed by atoms with Crippen LogP contribution in [0.3, 0.4) is 0 Å². The SMILES string of the molecule is Cc1nc2c(cnn2C(C)C)cc1C(=O)OCc1cc(Cl)c2c(c1)OCO2. The molecule has 0 saturated carbocycles. The molecule has 0 bridgehead atoms. The summed E-state index contributed by atoms with van der Waals surface area (Å²) in [5.41, 5.74) is 2.48. The molecular weight excluding hydrogens is 370 g/mol. The average molecular weight is 388 g/mol. The van der Waals surface area contributed by atoms with E-state index in [0.717, 1.165) is 16.6 Å². The molecule has 0 unspecified atom stereocenters. The summed E-state index contributed by atoms with van der Waals surface area (Å²) in [6.45, 7) is 6.04. The van der Waals surface area contributed by atoms with E-state index in [-0.39, 0.29) is 19.4 Å². The van der Waals surface area contributed by atoms with Gasteiger partial charge in [-0.1, -0.05) is 11.6 Å². The monoisotopic (exact) mass is 387 g/mol. The molecule has 3 heterocycles. The summed E-state index contributed by atoms with van der Waals surface area (Å²) < 4.78 is 17.9. The van der Waals surface area contributed by atoms with Gasteiger partial charge in [-0.25, -0.2) is 14.5 Å². The van der Waals surface area contributed by atoms with Crippen LogP contribution in [0.1, 0.15) is 41.5 Å². The molecule has 3 aromatic rings. The van der Waals surface area contributed by atoms with Crippen molar-refractivity contribution < 1.29 is 19.0 Å². The number of aromatic nitrogens is 3. The van der Waals surface area contributed by atoms with Gasteiger partial charge in [-0.15, -0.1) is 0 Å². The molecule has 1 aliphatic rings. The Morgan fingerprint density at radius 3 is 2.93 bits per heavy atom. The standard InChI is InChI=1S/C19H18ClN3O4/c1-10(2)23-18-13(7-21-23)6-14(11(3)22-18)19(24)25-8-12-4-15(20)17-16(5-12)26-9-27-17/h4-7,10H,8-9H2,1-3H3. The van der Waals surface area contributed by atoms with Gasteiger partial charge in [-0.2, -0.15) is 5.10 Å². The van der Waals surface area contributed by atoms with Crippen molar-refractivity contribution in [3.05, 3.63) is 46.2 Å². The van der Waals surface area contributed by atoms with Crippen LogP contribution in [0.15, 0.2) is 24.4 Å². The second-order valence-corrected chi connectivity index (χ2v) is 7.01. The van der Waals surface area contributed by atoms with E-state index in [4.69, 9.17) is 25.8 Å². The van der Waals surface area contributed by atoms with Gasteiger partial charge in [0.2, 0.25) is 6.79 Å². The Morgan fingerprint density at radius 2 is 2.15 bits per heavy atom. The van der Waals surface area contributed by atoms with Crippen molar-refractivity contribution in [1.29, 1.82) is 0 Å². The van der Waals surface area contributed by atoms with Crippen LogP contribution in [0.4, 0.5) is 0 Å². The lowest BCUT2D eigenvalue weighted by Gasteiger charge is -2.10. The highest BCUT2D eigenvalue weighted by molar-refractivity contribution is 6.32. The summed E-state index contributed by atoms with van der Waals surface area (Å²) in [6, 6.07) is 5.40. The first-order chi connectivity index (χ1) is 12.9. The minimum atomic E-state index is -0.451. The smallest absolute Gasteiger partial charge is 0.340 e. The number of esters is 1. The Balaban J connectivity index is 1.55. The number of nitrogens with zero attached hydrogens (tertiary/aromatic N) is 3. The van der Waals surface area contributed by atoms with Gasteiger partial charge in [0.25, 0.3) is 0 Å². The summed E-state index contributed by atoms with van der Waals surface area (Å²) >= 11 is 6.16. The summed E-state index contributed by atoms with van der Waals surface area (Å²) in [6.07, 6.45) is 1.70.